The van der Waals surface area contributed by atoms with Crippen LogP contribution >= 0.6 is 11.3 Å². The van der Waals surface area contributed by atoms with Crippen LogP contribution in [0.25, 0.3) is 0 Å². The summed E-state index contributed by atoms with van der Waals surface area (Å²) in [7, 11) is 0. The zero-order valence-corrected chi connectivity index (χ0v) is 15.3. The number of piperidine rings is 1. The highest BCUT2D eigenvalue weighted by Gasteiger charge is 2.31. The third kappa shape index (κ3) is 4.66. The summed E-state index contributed by atoms with van der Waals surface area (Å²) in [4.78, 5) is 29.9. The molecule has 1 aromatic carbocycles. The third-order valence-corrected chi connectivity index (χ3v) is 5.46. The van der Waals surface area contributed by atoms with Crippen molar-refractivity contribution in [3.8, 4) is 0 Å². The van der Waals surface area contributed by atoms with Crippen molar-refractivity contribution in [1.29, 1.82) is 0 Å². The second-order valence-corrected chi connectivity index (χ2v) is 7.83. The van der Waals surface area contributed by atoms with Gasteiger partial charge >= 0.3 is 5.97 Å². The average Bonchev–Trinajstić information content (AvgIpc) is 3.03. The summed E-state index contributed by atoms with van der Waals surface area (Å²) in [5.74, 6) is -1.51. The summed E-state index contributed by atoms with van der Waals surface area (Å²) in [6.45, 7) is 2.83. The number of nitrogens with zero attached hydrogens (tertiary/aromatic N) is 2. The van der Waals surface area contributed by atoms with E-state index in [0.717, 1.165) is 10.6 Å². The molecule has 1 aliphatic rings. The summed E-state index contributed by atoms with van der Waals surface area (Å²) >= 11 is 1.47. The predicted octanol–water partition coefficient (Wildman–Crippen LogP) is 2.98. The summed E-state index contributed by atoms with van der Waals surface area (Å²) in [6.07, 6.45) is 1.39. The van der Waals surface area contributed by atoms with E-state index in [0.29, 0.717) is 25.1 Å². The first-order valence-electron chi connectivity index (χ1n) is 8.59. The van der Waals surface area contributed by atoms with Gasteiger partial charge in [0.15, 0.2) is 0 Å². The van der Waals surface area contributed by atoms with Gasteiger partial charge in [0.25, 0.3) is 0 Å². The van der Waals surface area contributed by atoms with Crippen molar-refractivity contribution in [3.63, 3.8) is 0 Å². The molecule has 1 aliphatic heterocycles. The van der Waals surface area contributed by atoms with E-state index in [-0.39, 0.29) is 30.6 Å². The number of hydrogen-bond acceptors (Lipinski definition) is 4. The number of aliphatic carboxylic acids is 1. The SMILES string of the molecule is CC1CC(C(=O)O)CN(C(=O)Cc2csc(Cc3ccc(F)cc3)n2)C1. The van der Waals surface area contributed by atoms with Crippen molar-refractivity contribution < 1.29 is 19.1 Å². The van der Waals surface area contributed by atoms with Gasteiger partial charge in [-0.2, -0.15) is 0 Å². The monoisotopic (exact) mass is 376 g/mol. The normalized spacial score (nSPS) is 20.2. The minimum Gasteiger partial charge on any atom is -0.481 e. The minimum atomic E-state index is -0.843. The Morgan fingerprint density at radius 2 is 2.04 bits per heavy atom. The average molecular weight is 376 g/mol. The van der Waals surface area contributed by atoms with Crippen molar-refractivity contribution in [2.75, 3.05) is 13.1 Å². The van der Waals surface area contributed by atoms with Crippen molar-refractivity contribution >= 4 is 23.2 Å². The van der Waals surface area contributed by atoms with Crippen LogP contribution < -0.4 is 0 Å². The second-order valence-electron chi connectivity index (χ2n) is 6.89. The highest BCUT2D eigenvalue weighted by atomic mass is 32.1. The molecule has 2 unspecified atom stereocenters. The van der Waals surface area contributed by atoms with Gasteiger partial charge < -0.3 is 10.0 Å². The van der Waals surface area contributed by atoms with Crippen LogP contribution in [-0.4, -0.2) is 40.0 Å². The molecular weight excluding hydrogens is 355 g/mol. The fraction of sp³-hybridized carbons (Fsp3) is 0.421. The van der Waals surface area contributed by atoms with Gasteiger partial charge in [0.05, 0.1) is 23.0 Å². The zero-order valence-electron chi connectivity index (χ0n) is 14.5. The van der Waals surface area contributed by atoms with Crippen LogP contribution in [-0.2, 0) is 22.4 Å². The number of carboxylic acids is 1. The van der Waals surface area contributed by atoms with Gasteiger partial charge in [-0.3, -0.25) is 9.59 Å². The van der Waals surface area contributed by atoms with Gasteiger partial charge in [0, 0.05) is 24.9 Å². The third-order valence-electron chi connectivity index (χ3n) is 4.56. The van der Waals surface area contributed by atoms with Crippen molar-refractivity contribution in [2.24, 2.45) is 11.8 Å². The molecule has 0 aliphatic carbocycles. The Balaban J connectivity index is 1.60. The number of likely N-dealkylation sites (tertiary alicyclic amines) is 1. The second kappa shape index (κ2) is 7.95. The summed E-state index contributed by atoms with van der Waals surface area (Å²) in [5.41, 5.74) is 1.66. The number of halogens is 1. The van der Waals surface area contributed by atoms with Crippen LogP contribution in [0.15, 0.2) is 29.6 Å². The molecular formula is C19H21FN2O3S. The van der Waals surface area contributed by atoms with Gasteiger partial charge in [-0.15, -0.1) is 11.3 Å². The van der Waals surface area contributed by atoms with Crippen molar-refractivity contribution in [2.45, 2.75) is 26.2 Å². The lowest BCUT2D eigenvalue weighted by Crippen LogP contribution is -2.46. The molecule has 1 saturated heterocycles. The maximum absolute atomic E-state index is 13.0. The van der Waals surface area contributed by atoms with Gasteiger partial charge in [-0.05, 0) is 30.0 Å². The molecule has 1 amide bonds. The molecule has 26 heavy (non-hydrogen) atoms. The van der Waals surface area contributed by atoms with E-state index in [1.807, 2.05) is 12.3 Å². The first-order valence-corrected chi connectivity index (χ1v) is 9.47. The number of thiazole rings is 1. The minimum absolute atomic E-state index is 0.0820. The van der Waals surface area contributed by atoms with E-state index in [4.69, 9.17) is 0 Å². The highest BCUT2D eigenvalue weighted by molar-refractivity contribution is 7.09. The predicted molar refractivity (Wildman–Crippen MR) is 96.5 cm³/mol. The fourth-order valence-electron chi connectivity index (χ4n) is 3.29. The lowest BCUT2D eigenvalue weighted by Gasteiger charge is -2.34. The van der Waals surface area contributed by atoms with Crippen LogP contribution in [0.2, 0.25) is 0 Å². The van der Waals surface area contributed by atoms with Crippen molar-refractivity contribution in [3.05, 3.63) is 51.7 Å². The van der Waals surface area contributed by atoms with E-state index >= 15 is 0 Å². The molecule has 1 fully saturated rings. The highest BCUT2D eigenvalue weighted by Crippen LogP contribution is 2.23. The molecule has 1 aromatic heterocycles. The Hall–Kier alpha value is -2.28. The van der Waals surface area contributed by atoms with Gasteiger partial charge in [0.1, 0.15) is 5.82 Å². The van der Waals surface area contributed by atoms with Gasteiger partial charge in [-0.25, -0.2) is 9.37 Å². The van der Waals surface area contributed by atoms with Crippen LogP contribution in [0.4, 0.5) is 4.39 Å². The first kappa shape index (κ1) is 18.5. The fourth-order valence-corrected chi connectivity index (χ4v) is 4.12. The molecule has 0 spiro atoms. The van der Waals surface area contributed by atoms with E-state index < -0.39 is 11.9 Å². The van der Waals surface area contributed by atoms with Crippen LogP contribution in [0.1, 0.15) is 29.6 Å². The largest absolute Gasteiger partial charge is 0.481 e. The molecule has 0 bridgehead atoms. The summed E-state index contributed by atoms with van der Waals surface area (Å²) in [6, 6.07) is 6.29. The Kier molecular flexibility index (Phi) is 5.66. The molecule has 5 nitrogen and oxygen atoms in total. The molecule has 2 atom stereocenters. The lowest BCUT2D eigenvalue weighted by molar-refractivity contribution is -0.146. The topological polar surface area (TPSA) is 70.5 Å². The number of amides is 1. The van der Waals surface area contributed by atoms with Crippen molar-refractivity contribution in [1.82, 2.24) is 9.88 Å². The maximum Gasteiger partial charge on any atom is 0.308 e. The molecule has 3 rings (SSSR count). The molecule has 0 radical (unpaired) electrons. The zero-order chi connectivity index (χ0) is 18.7. The van der Waals surface area contributed by atoms with Crippen LogP contribution in [0.3, 0.4) is 0 Å². The summed E-state index contributed by atoms with van der Waals surface area (Å²) in [5, 5.41) is 12.0. The standard InChI is InChI=1S/C19H21FN2O3S/c1-12-6-14(19(24)25)10-22(9-12)18(23)8-16-11-26-17(21-16)7-13-2-4-15(20)5-3-13/h2-5,11-12,14H,6-10H2,1H3,(H,24,25). The lowest BCUT2D eigenvalue weighted by atomic mass is 9.90. The number of carboxylic acid groups (broad SMARTS) is 1. The quantitative estimate of drug-likeness (QED) is 0.871. The molecule has 138 valence electrons. The molecule has 2 aromatic rings. The summed E-state index contributed by atoms with van der Waals surface area (Å²) < 4.78 is 13.0. The first-order chi connectivity index (χ1) is 12.4. The number of carbonyl (C=O) groups excluding carboxylic acids is 1. The number of hydrogen-bond donors (Lipinski definition) is 1. The van der Waals surface area contributed by atoms with Crippen LogP contribution in [0, 0.1) is 17.7 Å². The molecule has 2 heterocycles. The Labute approximate surface area is 155 Å². The number of rotatable bonds is 5. The Morgan fingerprint density at radius 1 is 1.31 bits per heavy atom. The van der Waals surface area contributed by atoms with E-state index in [1.165, 1.54) is 23.5 Å². The maximum atomic E-state index is 13.0. The molecule has 0 saturated carbocycles. The van der Waals surface area contributed by atoms with Gasteiger partial charge in [0.2, 0.25) is 5.91 Å². The Morgan fingerprint density at radius 3 is 2.73 bits per heavy atom. The number of aromatic nitrogens is 1. The van der Waals surface area contributed by atoms with E-state index in [9.17, 15) is 19.1 Å². The van der Waals surface area contributed by atoms with Gasteiger partial charge in [-0.1, -0.05) is 19.1 Å². The molecule has 7 heteroatoms. The molecule has 1 N–H and O–H groups in total. The smallest absolute Gasteiger partial charge is 0.308 e. The van der Waals surface area contributed by atoms with Crippen LogP contribution in [0.5, 0.6) is 0 Å². The number of carbonyl (C=O) groups is 2. The van der Waals surface area contributed by atoms with E-state index in [1.54, 1.807) is 17.0 Å². The van der Waals surface area contributed by atoms with E-state index in [2.05, 4.69) is 4.98 Å². The Bertz CT molecular complexity index is 790. The number of benzene rings is 1.